The van der Waals surface area contributed by atoms with Crippen LogP contribution in [0, 0.1) is 24.0 Å². The van der Waals surface area contributed by atoms with E-state index < -0.39 is 17.1 Å². The monoisotopic (exact) mass is 330 g/mol. The Morgan fingerprint density at radius 1 is 1.17 bits per heavy atom. The summed E-state index contributed by atoms with van der Waals surface area (Å²) >= 11 is 0. The minimum Gasteiger partial charge on any atom is -0.395 e. The molecule has 128 valence electrons. The first-order chi connectivity index (χ1) is 11.4. The molecule has 2 atom stereocenters. The van der Waals surface area contributed by atoms with Crippen molar-refractivity contribution >= 4 is 5.69 Å². The van der Waals surface area contributed by atoms with E-state index in [0.29, 0.717) is 12.1 Å². The van der Waals surface area contributed by atoms with Gasteiger partial charge in [0.05, 0.1) is 23.7 Å². The van der Waals surface area contributed by atoms with Crippen LogP contribution in [0.25, 0.3) is 0 Å². The first kappa shape index (κ1) is 18.1. The number of nitrogens with zero attached hydrogens (tertiary/aromatic N) is 1. The van der Waals surface area contributed by atoms with Crippen molar-refractivity contribution in [2.24, 2.45) is 0 Å². The van der Waals surface area contributed by atoms with E-state index in [4.69, 9.17) is 0 Å². The van der Waals surface area contributed by atoms with Crippen molar-refractivity contribution < 1.29 is 15.1 Å². The highest BCUT2D eigenvalue weighted by molar-refractivity contribution is 5.34. The highest BCUT2D eigenvalue weighted by Gasteiger charge is 2.20. The molecule has 6 heteroatoms. The molecule has 0 amide bonds. The van der Waals surface area contributed by atoms with Crippen LogP contribution in [0.5, 0.6) is 0 Å². The van der Waals surface area contributed by atoms with E-state index in [1.807, 2.05) is 26.0 Å². The Morgan fingerprint density at radius 2 is 1.83 bits per heavy atom. The highest BCUT2D eigenvalue weighted by Crippen LogP contribution is 2.21. The Balaban J connectivity index is 2.05. The molecule has 0 aliphatic rings. The molecule has 0 aliphatic carbocycles. The Bertz CT molecular complexity index is 701. The van der Waals surface area contributed by atoms with Crippen LogP contribution in [0.4, 0.5) is 5.69 Å². The molecule has 2 rings (SSSR count). The number of aliphatic hydroxyl groups is 2. The van der Waals surface area contributed by atoms with Crippen LogP contribution in [-0.2, 0) is 6.54 Å². The Morgan fingerprint density at radius 3 is 2.38 bits per heavy atom. The Kier molecular flexibility index (Phi) is 6.03. The van der Waals surface area contributed by atoms with Gasteiger partial charge in [-0.1, -0.05) is 23.8 Å². The van der Waals surface area contributed by atoms with Crippen molar-refractivity contribution in [1.29, 1.82) is 0 Å². The molecule has 0 aliphatic heterocycles. The lowest BCUT2D eigenvalue weighted by Crippen LogP contribution is -2.37. The molecule has 0 heterocycles. The van der Waals surface area contributed by atoms with Crippen molar-refractivity contribution in [1.82, 2.24) is 5.32 Å². The van der Waals surface area contributed by atoms with Crippen LogP contribution >= 0.6 is 0 Å². The summed E-state index contributed by atoms with van der Waals surface area (Å²) in [6.45, 7) is 4.31. The number of aliphatic hydroxyl groups excluding tert-OH is 2. The minimum absolute atomic E-state index is 0.0327. The van der Waals surface area contributed by atoms with Gasteiger partial charge in [-0.2, -0.15) is 0 Å². The number of hydrogen-bond acceptors (Lipinski definition) is 5. The summed E-state index contributed by atoms with van der Waals surface area (Å²) in [7, 11) is 0. The first-order valence-electron chi connectivity index (χ1n) is 7.75. The average Bonchev–Trinajstić information content (AvgIpc) is 2.57. The molecule has 0 radical (unpaired) electrons. The number of nitro groups is 1. The molecule has 2 aromatic rings. The second-order valence-corrected chi connectivity index (χ2v) is 5.89. The molecular formula is C18H22N2O4. The van der Waals surface area contributed by atoms with Gasteiger partial charge in [0.1, 0.15) is 0 Å². The predicted molar refractivity (Wildman–Crippen MR) is 91.7 cm³/mol. The lowest BCUT2D eigenvalue weighted by atomic mass is 10.0. The number of non-ortho nitro benzene ring substituents is 1. The third-order valence-electron chi connectivity index (χ3n) is 4.08. The third-order valence-corrected chi connectivity index (χ3v) is 4.08. The normalized spacial score (nSPS) is 13.5. The number of nitro benzene ring substituents is 1. The SMILES string of the molecule is Cc1ccc(CNC(CO)C(O)c2ccc([N+](=O)[O-])cc2)c(C)c1. The second-order valence-electron chi connectivity index (χ2n) is 5.89. The fourth-order valence-corrected chi connectivity index (χ4v) is 2.59. The molecule has 0 aromatic heterocycles. The lowest BCUT2D eigenvalue weighted by molar-refractivity contribution is -0.384. The molecule has 3 N–H and O–H groups in total. The maximum absolute atomic E-state index is 10.7. The Hall–Kier alpha value is -2.28. The zero-order valence-corrected chi connectivity index (χ0v) is 13.8. The van der Waals surface area contributed by atoms with Gasteiger partial charge in [-0.15, -0.1) is 0 Å². The zero-order chi connectivity index (χ0) is 17.7. The van der Waals surface area contributed by atoms with Crippen molar-refractivity contribution in [2.75, 3.05) is 6.61 Å². The van der Waals surface area contributed by atoms with Crippen molar-refractivity contribution in [3.8, 4) is 0 Å². The molecule has 0 saturated carbocycles. The van der Waals surface area contributed by atoms with E-state index in [-0.39, 0.29) is 12.3 Å². The van der Waals surface area contributed by atoms with E-state index >= 15 is 0 Å². The molecule has 0 saturated heterocycles. The molecule has 2 unspecified atom stereocenters. The summed E-state index contributed by atoms with van der Waals surface area (Å²) in [6, 6.07) is 11.3. The molecule has 0 bridgehead atoms. The fourth-order valence-electron chi connectivity index (χ4n) is 2.59. The fraction of sp³-hybridized carbons (Fsp3) is 0.333. The smallest absolute Gasteiger partial charge is 0.269 e. The molecule has 0 spiro atoms. The topological polar surface area (TPSA) is 95.6 Å². The number of rotatable bonds is 7. The van der Waals surface area contributed by atoms with Crippen LogP contribution in [0.2, 0.25) is 0 Å². The summed E-state index contributed by atoms with van der Waals surface area (Å²) in [6.07, 6.45) is -0.957. The highest BCUT2D eigenvalue weighted by atomic mass is 16.6. The van der Waals surface area contributed by atoms with Crippen LogP contribution in [0.15, 0.2) is 42.5 Å². The summed E-state index contributed by atoms with van der Waals surface area (Å²) < 4.78 is 0. The van der Waals surface area contributed by atoms with Gasteiger partial charge in [-0.05, 0) is 42.7 Å². The van der Waals surface area contributed by atoms with Crippen molar-refractivity contribution in [3.63, 3.8) is 0 Å². The Labute approximate surface area is 140 Å². The summed E-state index contributed by atoms with van der Waals surface area (Å²) in [4.78, 5) is 10.2. The predicted octanol–water partition coefficient (Wildman–Crippen LogP) is 2.40. The van der Waals surface area contributed by atoms with E-state index in [0.717, 1.165) is 11.1 Å². The lowest BCUT2D eigenvalue weighted by Gasteiger charge is -2.23. The minimum atomic E-state index is -0.957. The van der Waals surface area contributed by atoms with E-state index in [1.54, 1.807) is 0 Å². The first-order valence-corrected chi connectivity index (χ1v) is 7.75. The van der Waals surface area contributed by atoms with Crippen LogP contribution < -0.4 is 5.32 Å². The number of hydrogen-bond donors (Lipinski definition) is 3. The maximum Gasteiger partial charge on any atom is 0.269 e. The average molecular weight is 330 g/mol. The maximum atomic E-state index is 10.7. The standard InChI is InChI=1S/C18H22N2O4/c1-12-3-4-15(13(2)9-12)10-19-17(11-21)18(22)14-5-7-16(8-6-14)20(23)24/h3-9,17-19,21-22H,10-11H2,1-2H3. The second kappa shape index (κ2) is 8.01. The van der Waals surface area contributed by atoms with Gasteiger partial charge < -0.3 is 15.5 Å². The van der Waals surface area contributed by atoms with Crippen LogP contribution in [0.1, 0.15) is 28.4 Å². The zero-order valence-electron chi connectivity index (χ0n) is 13.8. The molecule has 6 nitrogen and oxygen atoms in total. The third kappa shape index (κ3) is 4.38. The molecular weight excluding hydrogens is 308 g/mol. The molecule has 24 heavy (non-hydrogen) atoms. The van der Waals surface area contributed by atoms with Crippen LogP contribution in [-0.4, -0.2) is 27.8 Å². The van der Waals surface area contributed by atoms with Gasteiger partial charge in [-0.3, -0.25) is 10.1 Å². The van der Waals surface area contributed by atoms with Crippen molar-refractivity contribution in [3.05, 3.63) is 74.8 Å². The van der Waals surface area contributed by atoms with Gasteiger partial charge in [0.2, 0.25) is 0 Å². The van der Waals surface area contributed by atoms with Gasteiger partial charge >= 0.3 is 0 Å². The van der Waals surface area contributed by atoms with Gasteiger partial charge in [-0.25, -0.2) is 0 Å². The number of benzene rings is 2. The van der Waals surface area contributed by atoms with Crippen LogP contribution in [0.3, 0.4) is 0 Å². The van der Waals surface area contributed by atoms with E-state index in [2.05, 4.69) is 11.4 Å². The quantitative estimate of drug-likeness (QED) is 0.535. The number of aryl methyl sites for hydroxylation is 2. The summed E-state index contributed by atoms with van der Waals surface area (Å²) in [5.74, 6) is 0. The van der Waals surface area contributed by atoms with Gasteiger partial charge in [0, 0.05) is 18.7 Å². The molecule has 0 fully saturated rings. The van der Waals surface area contributed by atoms with Gasteiger partial charge in [0.25, 0.3) is 5.69 Å². The summed E-state index contributed by atoms with van der Waals surface area (Å²) in [5.41, 5.74) is 3.90. The number of nitrogens with one attached hydrogen (secondary N) is 1. The largest absolute Gasteiger partial charge is 0.395 e. The van der Waals surface area contributed by atoms with Gasteiger partial charge in [0.15, 0.2) is 0 Å². The van der Waals surface area contributed by atoms with Crippen molar-refractivity contribution in [2.45, 2.75) is 32.5 Å². The summed E-state index contributed by atoms with van der Waals surface area (Å²) in [5, 5.41) is 33.8. The molecule has 2 aromatic carbocycles. The van der Waals surface area contributed by atoms with E-state index in [1.165, 1.54) is 29.8 Å². The van der Waals surface area contributed by atoms with E-state index in [9.17, 15) is 20.3 Å².